The van der Waals surface area contributed by atoms with Gasteiger partial charge >= 0.3 is 0 Å². The Morgan fingerprint density at radius 3 is 2.45 bits per heavy atom. The van der Waals surface area contributed by atoms with Crippen molar-refractivity contribution < 1.29 is 24.4 Å². The van der Waals surface area contributed by atoms with E-state index in [-0.39, 0.29) is 5.82 Å². The molecule has 1 aromatic heterocycles. The van der Waals surface area contributed by atoms with Gasteiger partial charge in [0, 0.05) is 5.75 Å². The van der Waals surface area contributed by atoms with Crippen molar-refractivity contribution in [3.63, 3.8) is 0 Å². The first kappa shape index (κ1) is 20.9. The lowest BCUT2D eigenvalue weighted by atomic mass is 10.1. The van der Waals surface area contributed by atoms with Gasteiger partial charge in [0.25, 0.3) is 0 Å². The number of fused-ring (bicyclic) bond motifs is 1. The highest BCUT2D eigenvalue weighted by Crippen LogP contribution is 2.39. The Morgan fingerprint density at radius 1 is 1.10 bits per heavy atom. The van der Waals surface area contributed by atoms with Crippen LogP contribution in [-0.4, -0.2) is 49.8 Å². The molecule has 0 radical (unpaired) electrons. The van der Waals surface area contributed by atoms with Crippen molar-refractivity contribution in [2.24, 2.45) is 0 Å². The van der Waals surface area contributed by atoms with Gasteiger partial charge in [-0.3, -0.25) is 4.57 Å². The molecular weight excluding hydrogens is 442 g/mol. The van der Waals surface area contributed by atoms with Gasteiger partial charge in [0.05, 0.1) is 27.7 Å². The number of ether oxygens (including phenoxy) is 1. The molecule has 4 rings (SSSR count). The number of aliphatic hydroxyl groups is 3. The molecule has 10 heteroatoms. The highest BCUT2D eigenvalue weighted by Gasteiger charge is 2.44. The summed E-state index contributed by atoms with van der Waals surface area (Å²) in [6, 6.07) is 9.34. The zero-order valence-corrected chi connectivity index (χ0v) is 17.2. The molecule has 0 aliphatic carbocycles. The van der Waals surface area contributed by atoms with Gasteiger partial charge in [-0.05, 0) is 29.8 Å². The number of aromatic nitrogens is 2. The number of halogens is 3. The Morgan fingerprint density at radius 2 is 1.79 bits per heavy atom. The number of imidazole rings is 1. The van der Waals surface area contributed by atoms with Gasteiger partial charge in [-0.25, -0.2) is 9.37 Å². The number of rotatable bonds is 5. The summed E-state index contributed by atoms with van der Waals surface area (Å²) in [4.78, 5) is 4.58. The van der Waals surface area contributed by atoms with E-state index in [4.69, 9.17) is 27.9 Å². The van der Waals surface area contributed by atoms with Gasteiger partial charge in [-0.2, -0.15) is 0 Å². The average Bonchev–Trinajstić information content (AvgIpc) is 3.18. The molecule has 2 heterocycles. The largest absolute Gasteiger partial charge is 0.394 e. The van der Waals surface area contributed by atoms with Crippen LogP contribution in [0.15, 0.2) is 41.6 Å². The quantitative estimate of drug-likeness (QED) is 0.508. The average molecular weight is 459 g/mol. The Balaban J connectivity index is 1.74. The summed E-state index contributed by atoms with van der Waals surface area (Å²) >= 11 is 13.6. The van der Waals surface area contributed by atoms with Gasteiger partial charge in [0.2, 0.25) is 0 Å². The zero-order valence-electron chi connectivity index (χ0n) is 14.9. The predicted octanol–water partition coefficient (Wildman–Crippen LogP) is 3.39. The number of benzene rings is 2. The van der Waals surface area contributed by atoms with Crippen molar-refractivity contribution >= 4 is 46.0 Å². The third-order valence-electron chi connectivity index (χ3n) is 4.75. The Kier molecular flexibility index (Phi) is 6.04. The number of aliphatic hydroxyl groups excluding tert-OH is 3. The van der Waals surface area contributed by atoms with Gasteiger partial charge in [-0.15, -0.1) is 0 Å². The molecule has 4 atom stereocenters. The monoisotopic (exact) mass is 458 g/mol. The van der Waals surface area contributed by atoms with Crippen molar-refractivity contribution in [3.05, 3.63) is 57.8 Å². The molecule has 3 N–H and O–H groups in total. The summed E-state index contributed by atoms with van der Waals surface area (Å²) in [5.74, 6) is 0.168. The topological polar surface area (TPSA) is 87.7 Å². The summed E-state index contributed by atoms with van der Waals surface area (Å²) < 4.78 is 20.5. The normalized spacial score (nSPS) is 24.5. The second-order valence-electron chi connectivity index (χ2n) is 6.66. The zero-order chi connectivity index (χ0) is 20.7. The van der Waals surface area contributed by atoms with Crippen LogP contribution in [0.1, 0.15) is 11.8 Å². The maximum atomic E-state index is 13.1. The number of hydrogen-bond acceptors (Lipinski definition) is 6. The lowest BCUT2D eigenvalue weighted by Gasteiger charge is -2.20. The van der Waals surface area contributed by atoms with Crippen molar-refractivity contribution in [3.8, 4) is 0 Å². The van der Waals surface area contributed by atoms with Gasteiger partial charge in [0.1, 0.15) is 24.1 Å². The third-order valence-corrected chi connectivity index (χ3v) is 6.50. The molecule has 6 nitrogen and oxygen atoms in total. The minimum atomic E-state index is -1.27. The molecule has 0 amide bonds. The van der Waals surface area contributed by atoms with Gasteiger partial charge < -0.3 is 20.1 Å². The standard InChI is InChI=1S/C19H17Cl2FN2O4S/c20-11-5-13-14(6-12(11)21)24(18-17(27)16(26)15(7-25)28-18)19(23-13)29-8-9-1-3-10(22)4-2-9/h1-6,15-18,25-27H,7-8H2. The lowest BCUT2D eigenvalue weighted by Crippen LogP contribution is -2.33. The lowest BCUT2D eigenvalue weighted by molar-refractivity contribution is -0.0546. The maximum absolute atomic E-state index is 13.1. The van der Waals surface area contributed by atoms with E-state index < -0.39 is 31.1 Å². The Labute approximate surface area is 179 Å². The summed E-state index contributed by atoms with van der Waals surface area (Å²) in [6.45, 7) is -0.438. The minimum Gasteiger partial charge on any atom is -0.394 e. The van der Waals surface area contributed by atoms with E-state index in [9.17, 15) is 19.7 Å². The molecule has 3 aromatic rings. The summed E-state index contributed by atoms with van der Waals surface area (Å²) in [5, 5.41) is 31.2. The van der Waals surface area contributed by atoms with E-state index in [2.05, 4.69) is 4.98 Å². The fraction of sp³-hybridized carbons (Fsp3) is 0.316. The smallest absolute Gasteiger partial charge is 0.171 e. The van der Waals surface area contributed by atoms with Crippen LogP contribution in [0, 0.1) is 5.82 Å². The second-order valence-corrected chi connectivity index (χ2v) is 8.42. The molecule has 4 unspecified atom stereocenters. The van der Waals surface area contributed by atoms with E-state index in [1.54, 1.807) is 28.8 Å². The van der Waals surface area contributed by atoms with Gasteiger partial charge in [-0.1, -0.05) is 47.1 Å². The summed E-state index contributed by atoms with van der Waals surface area (Å²) in [6.07, 6.45) is -4.42. The fourth-order valence-electron chi connectivity index (χ4n) is 3.24. The summed E-state index contributed by atoms with van der Waals surface area (Å²) in [7, 11) is 0. The van der Waals surface area contributed by atoms with E-state index in [0.717, 1.165) is 5.56 Å². The van der Waals surface area contributed by atoms with E-state index >= 15 is 0 Å². The van der Waals surface area contributed by atoms with Crippen LogP contribution in [0.4, 0.5) is 4.39 Å². The van der Waals surface area contributed by atoms with Gasteiger partial charge in [0.15, 0.2) is 11.4 Å². The van der Waals surface area contributed by atoms with Crippen LogP contribution in [0.3, 0.4) is 0 Å². The molecule has 29 heavy (non-hydrogen) atoms. The predicted molar refractivity (Wildman–Crippen MR) is 109 cm³/mol. The number of hydrogen-bond donors (Lipinski definition) is 3. The maximum Gasteiger partial charge on any atom is 0.171 e. The first-order valence-corrected chi connectivity index (χ1v) is 10.5. The highest BCUT2D eigenvalue weighted by atomic mass is 35.5. The van der Waals surface area contributed by atoms with Crippen molar-refractivity contribution in [1.82, 2.24) is 9.55 Å². The Bertz CT molecular complexity index is 1030. The Hall–Kier alpha value is -1.39. The first-order chi connectivity index (χ1) is 13.9. The van der Waals surface area contributed by atoms with Crippen LogP contribution in [0.2, 0.25) is 10.0 Å². The van der Waals surface area contributed by atoms with Crippen LogP contribution in [0.25, 0.3) is 11.0 Å². The molecule has 1 aliphatic rings. The van der Waals surface area contributed by atoms with Crippen LogP contribution >= 0.6 is 35.0 Å². The number of nitrogens with zero attached hydrogens (tertiary/aromatic N) is 2. The second kappa shape index (κ2) is 8.39. The molecule has 154 valence electrons. The van der Waals surface area contributed by atoms with Crippen molar-refractivity contribution in [2.75, 3.05) is 6.61 Å². The van der Waals surface area contributed by atoms with Crippen molar-refractivity contribution in [1.29, 1.82) is 0 Å². The molecule has 0 saturated carbocycles. The van der Waals surface area contributed by atoms with Crippen molar-refractivity contribution in [2.45, 2.75) is 35.4 Å². The molecule has 1 saturated heterocycles. The molecule has 0 bridgehead atoms. The molecular formula is C19H17Cl2FN2O4S. The van der Waals surface area contributed by atoms with E-state index in [0.29, 0.717) is 32.0 Å². The number of thioether (sulfide) groups is 1. The molecule has 1 aliphatic heterocycles. The SMILES string of the molecule is OCC1OC(n2c(SCc3ccc(F)cc3)nc3cc(Cl)c(Cl)cc32)C(O)C1O. The molecule has 1 fully saturated rings. The van der Waals surface area contributed by atoms with E-state index in [1.807, 2.05) is 0 Å². The van der Waals surface area contributed by atoms with E-state index in [1.165, 1.54) is 23.9 Å². The molecule has 2 aromatic carbocycles. The highest BCUT2D eigenvalue weighted by molar-refractivity contribution is 7.98. The molecule has 0 spiro atoms. The fourth-order valence-corrected chi connectivity index (χ4v) is 4.55. The van der Waals surface area contributed by atoms with Crippen LogP contribution < -0.4 is 0 Å². The minimum absolute atomic E-state index is 0.308. The van der Waals surface area contributed by atoms with Crippen LogP contribution in [-0.2, 0) is 10.5 Å². The summed E-state index contributed by atoms with van der Waals surface area (Å²) in [5.41, 5.74) is 1.99. The van der Waals surface area contributed by atoms with Crippen LogP contribution in [0.5, 0.6) is 0 Å². The third kappa shape index (κ3) is 3.98. The first-order valence-electron chi connectivity index (χ1n) is 8.75.